The zero-order valence-corrected chi connectivity index (χ0v) is 24.3. The summed E-state index contributed by atoms with van der Waals surface area (Å²) in [6.07, 6.45) is 1.71. The number of ether oxygens (including phenoxy) is 1. The van der Waals surface area contributed by atoms with Gasteiger partial charge >= 0.3 is 0 Å². The molecule has 0 radical (unpaired) electrons. The van der Waals surface area contributed by atoms with Crippen LogP contribution < -0.4 is 15.0 Å². The average molecular weight is 585 g/mol. The molecule has 0 aliphatic rings. The molecule has 0 aliphatic carbocycles. The molecule has 0 unspecified atom stereocenters. The van der Waals surface area contributed by atoms with Crippen LogP contribution in [0.25, 0.3) is 31.1 Å². The Kier molecular flexibility index (Phi) is 7.04. The lowest BCUT2D eigenvalue weighted by Crippen LogP contribution is -2.16. The molecular weight excluding hydrogens is 560 g/mol. The normalized spacial score (nSPS) is 11.7. The first-order valence-corrected chi connectivity index (χ1v) is 15.3. The van der Waals surface area contributed by atoms with Gasteiger partial charge in [0, 0.05) is 35.4 Å². The van der Waals surface area contributed by atoms with Gasteiger partial charge in [0.05, 0.1) is 10.6 Å². The van der Waals surface area contributed by atoms with Gasteiger partial charge in [-0.2, -0.15) is 0 Å². The zero-order chi connectivity index (χ0) is 28.1. The van der Waals surface area contributed by atoms with E-state index in [-0.39, 0.29) is 17.1 Å². The van der Waals surface area contributed by atoms with Crippen LogP contribution >= 0.6 is 22.7 Å². The van der Waals surface area contributed by atoms with Crippen molar-refractivity contribution in [2.75, 3.05) is 10.5 Å². The second kappa shape index (κ2) is 10.2. The molecule has 5 rings (SSSR count). The van der Waals surface area contributed by atoms with Gasteiger partial charge in [0.1, 0.15) is 27.0 Å². The summed E-state index contributed by atoms with van der Waals surface area (Å²) in [4.78, 5) is 13.9. The number of rotatable bonds is 7. The Hall–Kier alpha value is -3.61. The van der Waals surface area contributed by atoms with E-state index in [4.69, 9.17) is 4.74 Å². The Morgan fingerprint density at radius 1 is 1.03 bits per heavy atom. The number of nitrogens with zero attached hydrogens (tertiary/aromatic N) is 3. The minimum atomic E-state index is -3.55. The highest BCUT2D eigenvalue weighted by Gasteiger charge is 2.21. The number of anilines is 1. The summed E-state index contributed by atoms with van der Waals surface area (Å²) in [5, 5.41) is 10.5. The van der Waals surface area contributed by atoms with Crippen LogP contribution in [0.5, 0.6) is 11.5 Å². The van der Waals surface area contributed by atoms with Crippen molar-refractivity contribution >= 4 is 48.5 Å². The van der Waals surface area contributed by atoms with E-state index in [1.165, 1.54) is 39.4 Å². The van der Waals surface area contributed by atoms with E-state index in [9.17, 15) is 17.6 Å². The van der Waals surface area contributed by atoms with E-state index in [2.05, 4.69) is 14.9 Å². The summed E-state index contributed by atoms with van der Waals surface area (Å²) in [5.74, 6) is 0.468. The van der Waals surface area contributed by atoms with Gasteiger partial charge in [0.25, 0.3) is 5.56 Å². The van der Waals surface area contributed by atoms with E-state index >= 15 is 0 Å². The number of aromatic nitrogens is 3. The van der Waals surface area contributed by atoms with Crippen LogP contribution in [-0.4, -0.2) is 28.9 Å². The van der Waals surface area contributed by atoms with Crippen molar-refractivity contribution in [1.82, 2.24) is 14.8 Å². The SMILES string of the molecule is CCS(=O)(=O)Nc1ccc(Oc2c(C)cc(F)cc2C)c(-c2cn(C)c(=O)c3sc(-c4nnc(C)s4)cc23)c1. The summed E-state index contributed by atoms with van der Waals surface area (Å²) in [6, 6.07) is 9.66. The number of thiophene rings is 1. The molecule has 8 nitrogen and oxygen atoms in total. The maximum absolute atomic E-state index is 14.0. The van der Waals surface area contributed by atoms with Gasteiger partial charge in [-0.1, -0.05) is 11.3 Å². The Bertz CT molecular complexity index is 1890. The smallest absolute Gasteiger partial charge is 0.268 e. The van der Waals surface area contributed by atoms with Gasteiger partial charge in [0.2, 0.25) is 10.0 Å². The molecule has 1 N–H and O–H groups in total. The molecule has 3 aromatic heterocycles. The molecule has 202 valence electrons. The Balaban J connectivity index is 1.76. The van der Waals surface area contributed by atoms with Crippen LogP contribution in [-0.2, 0) is 17.1 Å². The quantitative estimate of drug-likeness (QED) is 0.237. The lowest BCUT2D eigenvalue weighted by Gasteiger charge is -2.18. The van der Waals surface area contributed by atoms with Crippen LogP contribution in [0, 0.1) is 26.6 Å². The van der Waals surface area contributed by atoms with Crippen LogP contribution in [0.1, 0.15) is 23.1 Å². The number of hydrogen-bond donors (Lipinski definition) is 1. The highest BCUT2D eigenvalue weighted by Crippen LogP contribution is 2.43. The molecule has 12 heteroatoms. The minimum absolute atomic E-state index is 0.0895. The third-order valence-electron chi connectivity index (χ3n) is 6.16. The van der Waals surface area contributed by atoms with E-state index < -0.39 is 10.0 Å². The van der Waals surface area contributed by atoms with Crippen molar-refractivity contribution in [3.05, 3.63) is 74.9 Å². The second-order valence-corrected chi connectivity index (χ2v) is 13.4. The van der Waals surface area contributed by atoms with E-state index in [0.29, 0.717) is 54.5 Å². The van der Waals surface area contributed by atoms with Crippen LogP contribution in [0.3, 0.4) is 0 Å². The monoisotopic (exact) mass is 584 g/mol. The van der Waals surface area contributed by atoms with Gasteiger partial charge in [0.15, 0.2) is 5.01 Å². The molecular formula is C27H25FN4O4S3. The van der Waals surface area contributed by atoms with E-state index in [1.54, 1.807) is 52.2 Å². The lowest BCUT2D eigenvalue weighted by atomic mass is 10.0. The number of hydrogen-bond acceptors (Lipinski definition) is 8. The standard InChI is InChI=1S/C27H25FN4O4S3/c1-6-39(34,35)31-18-7-8-22(36-24-14(2)9-17(28)10-15(24)3)19(11-18)21-13-32(5)27(33)25-20(21)12-23(38-25)26-30-29-16(4)37-26/h7-13,31H,6H2,1-5H3. The van der Waals surface area contributed by atoms with E-state index in [1.807, 2.05) is 13.0 Å². The Morgan fingerprint density at radius 3 is 2.38 bits per heavy atom. The molecule has 0 bridgehead atoms. The fourth-order valence-electron chi connectivity index (χ4n) is 4.26. The number of nitrogens with one attached hydrogen (secondary N) is 1. The average Bonchev–Trinajstić information content (AvgIpc) is 3.51. The molecule has 0 spiro atoms. The number of sulfonamides is 1. The molecule has 39 heavy (non-hydrogen) atoms. The highest BCUT2D eigenvalue weighted by atomic mass is 32.2. The summed E-state index contributed by atoms with van der Waals surface area (Å²) >= 11 is 2.76. The van der Waals surface area contributed by atoms with Gasteiger partial charge in [-0.15, -0.1) is 21.5 Å². The van der Waals surface area contributed by atoms with Crippen molar-refractivity contribution in [2.24, 2.45) is 7.05 Å². The third kappa shape index (κ3) is 5.32. The number of benzene rings is 2. The molecule has 3 heterocycles. The first kappa shape index (κ1) is 27.0. The van der Waals surface area contributed by atoms with Gasteiger partial charge in [-0.05, 0) is 75.2 Å². The highest BCUT2D eigenvalue weighted by molar-refractivity contribution is 7.92. The summed E-state index contributed by atoms with van der Waals surface area (Å²) in [7, 11) is -1.88. The number of halogens is 1. The topological polar surface area (TPSA) is 103 Å². The molecule has 0 amide bonds. The number of pyridine rings is 1. The van der Waals surface area contributed by atoms with Crippen LogP contribution in [0.4, 0.5) is 10.1 Å². The van der Waals surface area contributed by atoms with Crippen molar-refractivity contribution in [1.29, 1.82) is 0 Å². The number of aryl methyl sites for hydroxylation is 4. The Morgan fingerprint density at radius 2 is 1.74 bits per heavy atom. The summed E-state index contributed by atoms with van der Waals surface area (Å²) < 4.78 is 49.6. The van der Waals surface area contributed by atoms with Gasteiger partial charge in [-0.3, -0.25) is 9.52 Å². The first-order chi connectivity index (χ1) is 18.5. The van der Waals surface area contributed by atoms with E-state index in [0.717, 1.165) is 9.88 Å². The maximum Gasteiger partial charge on any atom is 0.268 e. The van der Waals surface area contributed by atoms with Gasteiger partial charge in [-0.25, -0.2) is 12.8 Å². The van der Waals surface area contributed by atoms with Crippen LogP contribution in [0.15, 0.2) is 47.4 Å². The molecule has 0 saturated heterocycles. The molecule has 0 atom stereocenters. The summed E-state index contributed by atoms with van der Waals surface area (Å²) in [6.45, 7) is 6.94. The maximum atomic E-state index is 14.0. The van der Waals surface area contributed by atoms with Crippen molar-refractivity contribution in [2.45, 2.75) is 27.7 Å². The molecule has 5 aromatic rings. The molecule has 0 saturated carbocycles. The Labute approximate surface area is 232 Å². The first-order valence-electron chi connectivity index (χ1n) is 12.0. The third-order valence-corrected chi connectivity index (χ3v) is 9.59. The predicted octanol–water partition coefficient (Wildman–Crippen LogP) is 6.40. The van der Waals surface area contributed by atoms with Crippen molar-refractivity contribution in [3.8, 4) is 32.5 Å². The molecule has 0 aliphatic heterocycles. The second-order valence-electron chi connectivity index (χ2n) is 9.13. The molecule has 0 fully saturated rings. The van der Waals surface area contributed by atoms with Crippen molar-refractivity contribution in [3.63, 3.8) is 0 Å². The fraction of sp³-hybridized carbons (Fsp3) is 0.222. The van der Waals surface area contributed by atoms with Gasteiger partial charge < -0.3 is 9.30 Å². The minimum Gasteiger partial charge on any atom is -0.456 e. The predicted molar refractivity (Wildman–Crippen MR) is 155 cm³/mol. The summed E-state index contributed by atoms with van der Waals surface area (Å²) in [5.41, 5.74) is 2.65. The zero-order valence-electron chi connectivity index (χ0n) is 21.8. The number of fused-ring (bicyclic) bond motifs is 1. The fourth-order valence-corrected chi connectivity index (χ4v) is 6.78. The van der Waals surface area contributed by atoms with Crippen LogP contribution in [0.2, 0.25) is 0 Å². The largest absolute Gasteiger partial charge is 0.456 e. The van der Waals surface area contributed by atoms with Crippen molar-refractivity contribution < 1.29 is 17.5 Å². The lowest BCUT2D eigenvalue weighted by molar-refractivity contribution is 0.474. The molecule has 2 aromatic carbocycles.